The van der Waals surface area contributed by atoms with Gasteiger partial charge in [-0.25, -0.2) is 0 Å². The van der Waals surface area contributed by atoms with Crippen molar-refractivity contribution in [2.75, 3.05) is 10.6 Å². The number of hydrogen-bond donors (Lipinski definition) is 3. The zero-order valence-corrected chi connectivity index (χ0v) is 26.5. The highest BCUT2D eigenvalue weighted by atomic mass is 32.2. The lowest BCUT2D eigenvalue weighted by Crippen LogP contribution is -2.30. The van der Waals surface area contributed by atoms with E-state index in [1.54, 1.807) is 42.5 Å². The van der Waals surface area contributed by atoms with Crippen molar-refractivity contribution >= 4 is 58.3 Å². The molecule has 226 valence electrons. The van der Waals surface area contributed by atoms with Gasteiger partial charge in [0.1, 0.15) is 10.9 Å². The Hall–Kier alpha value is -4.92. The Morgan fingerprint density at radius 1 is 0.711 bits per heavy atom. The summed E-state index contributed by atoms with van der Waals surface area (Å²) in [6.07, 6.45) is 1.65. The maximum Gasteiger partial charge on any atom is 0.272 e. The van der Waals surface area contributed by atoms with Crippen molar-refractivity contribution in [3.05, 3.63) is 154 Å². The summed E-state index contributed by atoms with van der Waals surface area (Å²) in [4.78, 5) is 40.6. The first-order valence-corrected chi connectivity index (χ1v) is 16.3. The van der Waals surface area contributed by atoms with Crippen molar-refractivity contribution in [3.63, 3.8) is 0 Å². The van der Waals surface area contributed by atoms with E-state index >= 15 is 0 Å². The van der Waals surface area contributed by atoms with Crippen molar-refractivity contribution in [1.29, 1.82) is 0 Å². The molecule has 1 aromatic heterocycles. The van der Waals surface area contributed by atoms with Crippen molar-refractivity contribution in [3.8, 4) is 0 Å². The highest BCUT2D eigenvalue weighted by Crippen LogP contribution is 2.37. The van der Waals surface area contributed by atoms with Gasteiger partial charge in [0.25, 0.3) is 11.8 Å². The lowest BCUT2D eigenvalue weighted by Gasteiger charge is -2.18. The molecule has 4 aromatic carbocycles. The standard InChI is InChI=1S/C37H33N3O3S2/c1-25(2)27-13-15-30(16-14-27)39-37(43)34(28-9-5-3-6-10-28)45-32-19-17-31(18-20-32)38-36(42)33(23-26-21-22-44-24-26)40-35(41)29-11-7-4-8-12-29/h3-25,34H,1-2H3,(H,38,42)(H,39,43)(H,40,41)/b33-23-. The molecule has 1 atom stereocenters. The van der Waals surface area contributed by atoms with E-state index < -0.39 is 11.2 Å². The monoisotopic (exact) mass is 631 g/mol. The Labute approximate surface area is 271 Å². The molecule has 0 aliphatic heterocycles. The number of benzene rings is 4. The SMILES string of the molecule is CC(C)c1ccc(NC(=O)C(Sc2ccc(NC(=O)/C(=C/c3ccsc3)NC(=O)c3ccccc3)cc2)c2ccccc2)cc1. The number of thiophene rings is 1. The first-order chi connectivity index (χ1) is 21.9. The quantitative estimate of drug-likeness (QED) is 0.100. The van der Waals surface area contributed by atoms with E-state index in [2.05, 4.69) is 29.8 Å². The van der Waals surface area contributed by atoms with E-state index in [1.807, 2.05) is 89.6 Å². The molecule has 3 N–H and O–H groups in total. The number of nitrogens with one attached hydrogen (secondary N) is 3. The molecule has 6 nitrogen and oxygen atoms in total. The molecule has 0 aliphatic rings. The number of amides is 3. The summed E-state index contributed by atoms with van der Waals surface area (Å²) in [5.41, 5.74) is 4.78. The Balaban J connectivity index is 1.29. The van der Waals surface area contributed by atoms with Crippen LogP contribution in [-0.4, -0.2) is 17.7 Å². The molecular formula is C37H33N3O3S2. The molecule has 0 fully saturated rings. The van der Waals surface area contributed by atoms with Crippen LogP contribution in [0.25, 0.3) is 6.08 Å². The summed E-state index contributed by atoms with van der Waals surface area (Å²) in [7, 11) is 0. The van der Waals surface area contributed by atoms with Crippen LogP contribution in [0, 0.1) is 0 Å². The van der Waals surface area contributed by atoms with E-state index in [0.717, 1.165) is 21.7 Å². The van der Waals surface area contributed by atoms with Crippen LogP contribution in [0.4, 0.5) is 11.4 Å². The van der Waals surface area contributed by atoms with Crippen molar-refractivity contribution in [2.45, 2.75) is 29.9 Å². The second-order valence-electron chi connectivity index (χ2n) is 10.6. The van der Waals surface area contributed by atoms with Crippen molar-refractivity contribution in [1.82, 2.24) is 5.32 Å². The molecule has 0 spiro atoms. The predicted molar refractivity (Wildman–Crippen MR) is 185 cm³/mol. The summed E-state index contributed by atoms with van der Waals surface area (Å²) in [6, 6.07) is 35.5. The molecule has 5 rings (SSSR count). The van der Waals surface area contributed by atoms with Crippen LogP contribution >= 0.6 is 23.1 Å². The van der Waals surface area contributed by atoms with Gasteiger partial charge in [0, 0.05) is 21.8 Å². The molecule has 0 radical (unpaired) electrons. The minimum absolute atomic E-state index is 0.127. The molecule has 0 bridgehead atoms. The fourth-order valence-corrected chi connectivity index (χ4v) is 6.12. The lowest BCUT2D eigenvalue weighted by atomic mass is 10.0. The van der Waals surface area contributed by atoms with Gasteiger partial charge in [-0.15, -0.1) is 11.8 Å². The third kappa shape index (κ3) is 8.81. The first-order valence-electron chi connectivity index (χ1n) is 14.5. The lowest BCUT2D eigenvalue weighted by molar-refractivity contribution is -0.116. The van der Waals surface area contributed by atoms with E-state index in [9.17, 15) is 14.4 Å². The molecule has 1 heterocycles. The van der Waals surface area contributed by atoms with Gasteiger partial charge in [-0.1, -0.05) is 74.5 Å². The number of thioether (sulfide) groups is 1. The molecule has 0 saturated carbocycles. The molecular weight excluding hydrogens is 599 g/mol. The molecule has 5 aromatic rings. The maximum absolute atomic E-state index is 13.5. The largest absolute Gasteiger partial charge is 0.325 e. The van der Waals surface area contributed by atoms with Crippen molar-refractivity contribution < 1.29 is 14.4 Å². The molecule has 0 aliphatic carbocycles. The Morgan fingerprint density at radius 2 is 1.33 bits per heavy atom. The van der Waals surface area contributed by atoms with Gasteiger partial charge in [0.05, 0.1) is 0 Å². The van der Waals surface area contributed by atoms with Gasteiger partial charge in [-0.3, -0.25) is 14.4 Å². The summed E-state index contributed by atoms with van der Waals surface area (Å²) in [5, 5.41) is 12.0. The first kappa shape index (κ1) is 31.5. The number of hydrogen-bond acceptors (Lipinski definition) is 5. The van der Waals surface area contributed by atoms with Crippen LogP contribution in [0.2, 0.25) is 0 Å². The maximum atomic E-state index is 13.5. The van der Waals surface area contributed by atoms with Crippen LogP contribution in [0.1, 0.15) is 52.1 Å². The summed E-state index contributed by atoms with van der Waals surface area (Å²) in [5.74, 6) is -0.541. The number of anilines is 2. The molecule has 45 heavy (non-hydrogen) atoms. The van der Waals surface area contributed by atoms with E-state index in [0.29, 0.717) is 17.2 Å². The summed E-state index contributed by atoms with van der Waals surface area (Å²) < 4.78 is 0. The van der Waals surface area contributed by atoms with Crippen LogP contribution in [0.5, 0.6) is 0 Å². The average molecular weight is 632 g/mol. The van der Waals surface area contributed by atoms with Gasteiger partial charge < -0.3 is 16.0 Å². The van der Waals surface area contributed by atoms with Gasteiger partial charge in [-0.05, 0) is 94.0 Å². The Morgan fingerprint density at radius 3 is 1.96 bits per heavy atom. The molecule has 1 unspecified atom stereocenters. The van der Waals surface area contributed by atoms with Crippen LogP contribution < -0.4 is 16.0 Å². The molecule has 3 amide bonds. The molecule has 8 heteroatoms. The third-order valence-corrected chi connectivity index (χ3v) is 8.90. The zero-order valence-electron chi connectivity index (χ0n) is 24.9. The summed E-state index contributed by atoms with van der Waals surface area (Å²) in [6.45, 7) is 4.27. The zero-order chi connectivity index (χ0) is 31.6. The minimum atomic E-state index is -0.496. The van der Waals surface area contributed by atoms with Gasteiger partial charge in [0.2, 0.25) is 5.91 Å². The topological polar surface area (TPSA) is 87.3 Å². The average Bonchev–Trinajstić information content (AvgIpc) is 3.58. The second kappa shape index (κ2) is 15.2. The van der Waals surface area contributed by atoms with Gasteiger partial charge >= 0.3 is 0 Å². The predicted octanol–water partition coefficient (Wildman–Crippen LogP) is 8.75. The fraction of sp³-hybridized carbons (Fsp3) is 0.108. The fourth-order valence-electron chi connectivity index (χ4n) is 4.48. The smallest absolute Gasteiger partial charge is 0.272 e. The number of carbonyl (C=O) groups is 3. The second-order valence-corrected chi connectivity index (χ2v) is 12.5. The van der Waals surface area contributed by atoms with Crippen molar-refractivity contribution in [2.24, 2.45) is 0 Å². The summed E-state index contributed by atoms with van der Waals surface area (Å²) >= 11 is 2.93. The van der Waals surface area contributed by atoms with Crippen LogP contribution in [0.3, 0.4) is 0 Å². The minimum Gasteiger partial charge on any atom is -0.325 e. The third-order valence-electron chi connectivity index (χ3n) is 6.93. The highest BCUT2D eigenvalue weighted by Gasteiger charge is 2.23. The van der Waals surface area contributed by atoms with Crippen LogP contribution in [0.15, 0.2) is 137 Å². The van der Waals surface area contributed by atoms with E-state index in [4.69, 9.17) is 0 Å². The molecule has 0 saturated heterocycles. The van der Waals surface area contributed by atoms with Gasteiger partial charge in [-0.2, -0.15) is 11.3 Å². The number of carbonyl (C=O) groups excluding carboxylic acids is 3. The highest BCUT2D eigenvalue weighted by molar-refractivity contribution is 8.00. The van der Waals surface area contributed by atoms with Crippen LogP contribution in [-0.2, 0) is 9.59 Å². The van der Waals surface area contributed by atoms with E-state index in [-0.39, 0.29) is 17.5 Å². The Bertz CT molecular complexity index is 1750. The normalized spacial score (nSPS) is 11.9. The Kier molecular flexibility index (Phi) is 10.6. The van der Waals surface area contributed by atoms with E-state index in [1.165, 1.54) is 28.7 Å². The number of rotatable bonds is 11. The van der Waals surface area contributed by atoms with Gasteiger partial charge in [0.15, 0.2) is 0 Å².